The number of rotatable bonds is 22. The Morgan fingerprint density at radius 3 is 1.19 bits per heavy atom. The van der Waals surface area contributed by atoms with Crippen LogP contribution >= 0.6 is 0 Å². The van der Waals surface area contributed by atoms with Crippen LogP contribution in [0.1, 0.15) is 27.8 Å². The molecule has 0 aromatic heterocycles. The summed E-state index contributed by atoms with van der Waals surface area (Å²) >= 11 is 0. The molecule has 508 valence electrons. The predicted octanol–water partition coefficient (Wildman–Crippen LogP) is 1.18. The van der Waals surface area contributed by atoms with Crippen LogP contribution in [0.25, 0.3) is 10.4 Å². The third-order valence-electron chi connectivity index (χ3n) is 14.7. The lowest BCUT2D eigenvalue weighted by Crippen LogP contribution is -2.35. The van der Waals surface area contributed by atoms with Gasteiger partial charge in [-0.3, -0.25) is 34.1 Å². The van der Waals surface area contributed by atoms with Crippen molar-refractivity contribution < 1.29 is 93.2 Å². The topological polar surface area (TPSA) is 394 Å². The highest BCUT2D eigenvalue weighted by Crippen LogP contribution is 2.22. The number of hydrogen-bond acceptors (Lipinski definition) is 24. The van der Waals surface area contributed by atoms with Crippen LogP contribution in [0.3, 0.4) is 0 Å². The van der Waals surface area contributed by atoms with Crippen LogP contribution in [0.15, 0.2) is 157 Å². The SMILES string of the molecule is COCO[C@@H]1CN(Cc2ccccc2)C[C@H]1N.COCO[C@@H]1CN(Cc2ccccc2)C[C@H]1N=[N+]=[N-].COCO[C@@H]1CN(Cc2ccccc2)C[C@H]1O.O=C(O)[C@@H](O)CO.O=C1[C@@H](O)[C@H](O)C(=O)N1Cc1ccccc1.O=C=O.O[C@@H]1CN(Cc2ccccc2)C[C@H]1O. The van der Waals surface area contributed by atoms with Crippen molar-refractivity contribution in [3.63, 3.8) is 0 Å². The fourth-order valence-corrected chi connectivity index (χ4v) is 10.1. The van der Waals surface area contributed by atoms with E-state index in [-0.39, 0.29) is 56.7 Å². The van der Waals surface area contributed by atoms with Gasteiger partial charge in [-0.15, -0.1) is 0 Å². The van der Waals surface area contributed by atoms with Crippen molar-refractivity contribution in [3.8, 4) is 0 Å². The highest BCUT2D eigenvalue weighted by atomic mass is 16.7. The Balaban J connectivity index is 0.000000239. The smallest absolute Gasteiger partial charge is 0.373 e. The first-order chi connectivity index (χ1) is 44.9. The molecule has 5 aliphatic heterocycles. The van der Waals surface area contributed by atoms with E-state index < -0.39 is 61.0 Å². The van der Waals surface area contributed by atoms with E-state index in [4.69, 9.17) is 64.6 Å². The fraction of sp³-hybridized carbons (Fsp3) is 0.477. The molecule has 28 heteroatoms. The van der Waals surface area contributed by atoms with Crippen LogP contribution < -0.4 is 5.73 Å². The van der Waals surface area contributed by atoms with E-state index in [9.17, 15) is 39.9 Å². The second-order valence-corrected chi connectivity index (χ2v) is 21.9. The summed E-state index contributed by atoms with van der Waals surface area (Å²) in [6.07, 6.45) is -6.38. The molecule has 0 saturated carbocycles. The highest BCUT2D eigenvalue weighted by Gasteiger charge is 2.46. The molecule has 5 aliphatic rings. The number of imide groups is 1. The lowest BCUT2D eigenvalue weighted by Gasteiger charge is -2.16. The number of nitrogens with zero attached hydrogens (tertiary/aromatic N) is 8. The Hall–Kier alpha value is -7.32. The summed E-state index contributed by atoms with van der Waals surface area (Å²) < 4.78 is 31.2. The van der Waals surface area contributed by atoms with Crippen molar-refractivity contribution >= 4 is 23.9 Å². The van der Waals surface area contributed by atoms with Crippen LogP contribution in [-0.4, -0.2) is 257 Å². The number of carbonyl (C=O) groups is 3. The number of β-amino-alcohol motifs (C(OH)–C–C–N with tert-alkyl or cyclic N) is 3. The van der Waals surface area contributed by atoms with Gasteiger partial charge < -0.3 is 75.0 Å². The summed E-state index contributed by atoms with van der Waals surface area (Å²) in [6.45, 7) is 9.31. The van der Waals surface area contributed by atoms with E-state index in [1.165, 1.54) is 22.3 Å². The van der Waals surface area contributed by atoms with Gasteiger partial charge in [-0.25, -0.2) is 4.79 Å². The van der Waals surface area contributed by atoms with Gasteiger partial charge in [0.25, 0.3) is 11.8 Å². The number of methoxy groups -OCH3 is 3. The molecule has 10 rings (SSSR count). The van der Waals surface area contributed by atoms with Gasteiger partial charge in [-0.05, 0) is 33.3 Å². The molecule has 0 aliphatic carbocycles. The number of azide groups is 1. The molecule has 0 bridgehead atoms. The van der Waals surface area contributed by atoms with Crippen molar-refractivity contribution in [2.45, 2.75) is 99.7 Å². The van der Waals surface area contributed by atoms with Gasteiger partial charge in [0, 0.05) is 111 Å². The molecule has 0 unspecified atom stereocenters. The number of aliphatic hydroxyl groups excluding tert-OH is 7. The summed E-state index contributed by atoms with van der Waals surface area (Å²) in [5, 5.41) is 74.5. The van der Waals surface area contributed by atoms with Crippen molar-refractivity contribution in [3.05, 3.63) is 190 Å². The van der Waals surface area contributed by atoms with Gasteiger partial charge in [-0.1, -0.05) is 157 Å². The lowest BCUT2D eigenvalue weighted by molar-refractivity contribution is -0.191. The Bertz CT molecular complexity index is 2830. The minimum atomic E-state index is -1.63. The molecule has 5 heterocycles. The van der Waals surface area contributed by atoms with Crippen molar-refractivity contribution in [2.75, 3.05) is 101 Å². The van der Waals surface area contributed by atoms with Gasteiger partial charge in [0.15, 0.2) is 18.3 Å². The second kappa shape index (κ2) is 44.3. The number of likely N-dealkylation sites (tertiary alicyclic amines) is 5. The van der Waals surface area contributed by atoms with Crippen LogP contribution in [0.4, 0.5) is 0 Å². The quantitative estimate of drug-likeness (QED) is 0.0154. The molecular formula is C65H89N9O19. The highest BCUT2D eigenvalue weighted by molar-refractivity contribution is 6.07. The fourth-order valence-electron chi connectivity index (χ4n) is 10.1. The summed E-state index contributed by atoms with van der Waals surface area (Å²) in [4.78, 5) is 61.2. The normalized spacial score (nSPS) is 23.7. The van der Waals surface area contributed by atoms with E-state index in [0.717, 1.165) is 62.8 Å². The third kappa shape index (κ3) is 28.8. The summed E-state index contributed by atoms with van der Waals surface area (Å²) in [5.41, 5.74) is 20.4. The molecule has 5 fully saturated rings. The lowest BCUT2D eigenvalue weighted by atomic mass is 10.2. The maximum atomic E-state index is 11.4. The van der Waals surface area contributed by atoms with E-state index in [2.05, 4.69) is 90.3 Å². The van der Waals surface area contributed by atoms with Crippen LogP contribution in [0.2, 0.25) is 0 Å². The molecule has 5 aromatic rings. The molecule has 0 spiro atoms. The zero-order valence-electron chi connectivity index (χ0n) is 52.5. The van der Waals surface area contributed by atoms with Crippen molar-refractivity contribution in [2.24, 2.45) is 10.8 Å². The maximum Gasteiger partial charge on any atom is 0.373 e. The minimum Gasteiger partial charge on any atom is -0.479 e. The Kier molecular flexibility index (Phi) is 37.2. The molecule has 11 atom stereocenters. The number of hydrogen-bond donors (Lipinski definition) is 9. The standard InChI is InChI=1S/C13H18N4O2.C13H20N2O2.C13H19NO3.C11H11NO4.C11H15NO2.C3H6O4.CO2/c1-18-10-19-13-9-17(8-12(13)15-16-14)7-11-5-3-2-4-6-11;1-16-10-17-13-9-15(8-12(13)14)7-11-5-3-2-4-6-11;1-16-10-17-13-9-14(8-12(13)15)7-11-5-3-2-4-6-11;13-8-9(14)11(16)12(10(8)15)6-7-4-2-1-3-5-7;13-10-7-12(8-11(10)14)6-9-4-2-1-3-5-9;4-1-2(5)3(6)7;2-1-3/h2-6,12-13H,7-10H2,1H3;2-6,12-13H,7-10,14H2,1H3;2-6,12-13,15H,7-10H2,1H3;1-5,8-9,13-14H,6H2;1-5,10-11,13-14H,6-8H2;2,4-5H,1H2,(H,6,7);/t3*12-,13-;8-,9-;10-,11-;2-;/m111010./s1. The summed E-state index contributed by atoms with van der Waals surface area (Å²) in [5.74, 6) is -2.90. The van der Waals surface area contributed by atoms with Gasteiger partial charge >= 0.3 is 12.1 Å². The van der Waals surface area contributed by atoms with E-state index in [1.807, 2.05) is 66.7 Å². The third-order valence-corrected chi connectivity index (χ3v) is 14.7. The van der Waals surface area contributed by atoms with E-state index in [1.54, 1.807) is 45.6 Å². The molecule has 5 aromatic carbocycles. The van der Waals surface area contributed by atoms with E-state index in [0.29, 0.717) is 33.0 Å². The number of nitrogens with two attached hydrogens (primary N) is 1. The molecule has 5 saturated heterocycles. The number of carboxylic acids is 1. The average molecular weight is 1300 g/mol. The van der Waals surface area contributed by atoms with Crippen molar-refractivity contribution in [1.82, 2.24) is 24.5 Å². The molecular weight excluding hydrogens is 1210 g/mol. The number of amides is 2. The monoisotopic (exact) mass is 1300 g/mol. The predicted molar refractivity (Wildman–Crippen MR) is 336 cm³/mol. The molecule has 10 N–H and O–H groups in total. The van der Waals surface area contributed by atoms with Crippen LogP contribution in [-0.2, 0) is 85.1 Å². The van der Waals surface area contributed by atoms with Crippen LogP contribution in [0.5, 0.6) is 0 Å². The number of aliphatic carboxylic acids is 1. The van der Waals surface area contributed by atoms with Gasteiger partial charge in [-0.2, -0.15) is 9.59 Å². The Labute approximate surface area is 541 Å². The number of carboxylic acid groups (broad SMARTS) is 1. The molecule has 93 heavy (non-hydrogen) atoms. The summed E-state index contributed by atoms with van der Waals surface area (Å²) in [7, 11) is 4.80. The number of aliphatic hydroxyl groups is 7. The van der Waals surface area contributed by atoms with Gasteiger partial charge in [0.2, 0.25) is 0 Å². The first-order valence-corrected chi connectivity index (χ1v) is 29.9. The minimum absolute atomic E-state index is 0.0760. The Morgan fingerprint density at radius 1 is 0.527 bits per heavy atom. The van der Waals surface area contributed by atoms with Crippen LogP contribution in [0, 0.1) is 0 Å². The van der Waals surface area contributed by atoms with Crippen molar-refractivity contribution in [1.29, 1.82) is 0 Å². The zero-order valence-corrected chi connectivity index (χ0v) is 52.5. The zero-order chi connectivity index (χ0) is 67.9. The van der Waals surface area contributed by atoms with E-state index >= 15 is 0 Å². The molecule has 2 amide bonds. The number of ether oxygens (including phenoxy) is 6. The number of carbonyl (C=O) groups excluding carboxylic acids is 4. The first-order valence-electron chi connectivity index (χ1n) is 29.9. The van der Waals surface area contributed by atoms with Gasteiger partial charge in [0.05, 0.1) is 49.7 Å². The number of benzene rings is 5. The Morgan fingerprint density at radius 2 is 0.839 bits per heavy atom. The average Bonchev–Trinajstić information content (AvgIpc) is 1.77. The molecule has 0 radical (unpaired) electrons. The molecule has 28 nitrogen and oxygen atoms in total. The first kappa shape index (κ1) is 78.1. The maximum absolute atomic E-state index is 11.4. The summed E-state index contributed by atoms with van der Waals surface area (Å²) in [6, 6.07) is 49.8. The van der Waals surface area contributed by atoms with Gasteiger partial charge in [0.1, 0.15) is 26.5 Å². The largest absolute Gasteiger partial charge is 0.479 e. The second-order valence-electron chi connectivity index (χ2n) is 21.9.